The summed E-state index contributed by atoms with van der Waals surface area (Å²) in [4.78, 5) is 0. The zero-order chi connectivity index (χ0) is 10.6. The normalized spacial score (nSPS) is 10.7. The number of alkyl halides is 3. The van der Waals surface area contributed by atoms with E-state index in [1.165, 1.54) is 24.3 Å². The van der Waals surface area contributed by atoms with Gasteiger partial charge in [-0.1, -0.05) is 0 Å². The van der Waals surface area contributed by atoms with E-state index in [0.29, 0.717) is 5.56 Å². The van der Waals surface area contributed by atoms with E-state index in [9.17, 15) is 13.2 Å². The van der Waals surface area contributed by atoms with E-state index in [-0.39, 0.29) is 5.75 Å². The lowest BCUT2D eigenvalue weighted by atomic mass is 10.2. The standard InChI is InChI=1S/C9H6F3NO/c10-9(11,12)6-14-8-3-1-7(5-13)2-4-8/h1-4H,6H2. The average molecular weight is 201 g/mol. The minimum Gasteiger partial charge on any atom is -0.484 e. The molecule has 0 heterocycles. The average Bonchev–Trinajstić information content (AvgIpc) is 2.14. The fourth-order valence-electron chi connectivity index (χ4n) is 0.791. The molecule has 74 valence electrons. The molecule has 0 atom stereocenters. The molecular formula is C9H6F3NO. The number of nitriles is 1. The van der Waals surface area contributed by atoms with Gasteiger partial charge >= 0.3 is 6.18 Å². The summed E-state index contributed by atoms with van der Waals surface area (Å²) < 4.78 is 39.6. The molecule has 0 amide bonds. The van der Waals surface area contributed by atoms with Crippen LogP contribution in [0.15, 0.2) is 24.3 Å². The van der Waals surface area contributed by atoms with Gasteiger partial charge in [0.15, 0.2) is 6.61 Å². The Hall–Kier alpha value is -1.70. The Morgan fingerprint density at radius 3 is 2.21 bits per heavy atom. The molecule has 0 bridgehead atoms. The summed E-state index contributed by atoms with van der Waals surface area (Å²) in [6.45, 7) is -1.32. The van der Waals surface area contributed by atoms with E-state index >= 15 is 0 Å². The van der Waals surface area contributed by atoms with Crippen LogP contribution >= 0.6 is 0 Å². The van der Waals surface area contributed by atoms with Gasteiger partial charge < -0.3 is 4.74 Å². The van der Waals surface area contributed by atoms with E-state index in [2.05, 4.69) is 4.74 Å². The predicted octanol–water partition coefficient (Wildman–Crippen LogP) is 2.50. The van der Waals surface area contributed by atoms with Crippen LogP contribution in [0.1, 0.15) is 5.56 Å². The minimum absolute atomic E-state index is 0.0984. The van der Waals surface area contributed by atoms with Crippen molar-refractivity contribution < 1.29 is 17.9 Å². The summed E-state index contributed by atoms with van der Waals surface area (Å²) in [5.74, 6) is 0.0984. The highest BCUT2D eigenvalue weighted by Gasteiger charge is 2.28. The van der Waals surface area contributed by atoms with E-state index in [1.54, 1.807) is 0 Å². The van der Waals surface area contributed by atoms with Crippen LogP contribution in [0.3, 0.4) is 0 Å². The summed E-state index contributed by atoms with van der Waals surface area (Å²) in [6.07, 6.45) is -4.34. The maximum absolute atomic E-state index is 11.7. The number of halogens is 3. The topological polar surface area (TPSA) is 33.0 Å². The van der Waals surface area contributed by atoms with Crippen molar-refractivity contribution in [2.75, 3.05) is 6.61 Å². The molecule has 0 aliphatic heterocycles. The second-order valence-electron chi connectivity index (χ2n) is 2.54. The summed E-state index contributed by atoms with van der Waals surface area (Å²) >= 11 is 0. The zero-order valence-electron chi connectivity index (χ0n) is 7.01. The molecule has 2 nitrogen and oxygen atoms in total. The number of benzene rings is 1. The number of ether oxygens (including phenoxy) is 1. The lowest BCUT2D eigenvalue weighted by molar-refractivity contribution is -0.153. The first kappa shape index (κ1) is 10.4. The maximum atomic E-state index is 11.7. The molecule has 0 aliphatic rings. The summed E-state index contributed by atoms with van der Waals surface area (Å²) in [5.41, 5.74) is 0.379. The molecule has 0 unspecified atom stereocenters. The Morgan fingerprint density at radius 1 is 1.21 bits per heavy atom. The van der Waals surface area contributed by atoms with Crippen molar-refractivity contribution in [3.05, 3.63) is 29.8 Å². The van der Waals surface area contributed by atoms with E-state index in [0.717, 1.165) is 0 Å². The molecule has 0 fully saturated rings. The Kier molecular flexibility index (Phi) is 2.97. The van der Waals surface area contributed by atoms with Gasteiger partial charge in [-0.25, -0.2) is 0 Å². The molecule has 0 radical (unpaired) electrons. The smallest absolute Gasteiger partial charge is 0.422 e. The molecule has 0 saturated heterocycles. The number of hydrogen-bond acceptors (Lipinski definition) is 2. The first-order valence-electron chi connectivity index (χ1n) is 3.71. The minimum atomic E-state index is -4.34. The molecule has 0 saturated carbocycles. The SMILES string of the molecule is N#Cc1ccc(OCC(F)(F)F)cc1. The van der Waals surface area contributed by atoms with Gasteiger partial charge in [0.2, 0.25) is 0 Å². The van der Waals surface area contributed by atoms with Crippen LogP contribution in [0, 0.1) is 11.3 Å². The van der Waals surface area contributed by atoms with Crippen LogP contribution in [-0.4, -0.2) is 12.8 Å². The molecule has 0 aliphatic carbocycles. The molecule has 1 aromatic carbocycles. The third-order valence-corrected chi connectivity index (χ3v) is 1.39. The first-order valence-corrected chi connectivity index (χ1v) is 3.71. The third-order valence-electron chi connectivity index (χ3n) is 1.39. The van der Waals surface area contributed by atoms with Crippen molar-refractivity contribution in [3.8, 4) is 11.8 Å². The number of rotatable bonds is 2. The van der Waals surface area contributed by atoms with Crippen LogP contribution in [0.4, 0.5) is 13.2 Å². The maximum Gasteiger partial charge on any atom is 0.422 e. The third kappa shape index (κ3) is 3.35. The molecule has 1 rings (SSSR count). The van der Waals surface area contributed by atoms with Crippen LogP contribution in [0.5, 0.6) is 5.75 Å². The van der Waals surface area contributed by atoms with Crippen molar-refractivity contribution in [2.24, 2.45) is 0 Å². The lowest BCUT2D eigenvalue weighted by Gasteiger charge is -2.08. The van der Waals surface area contributed by atoms with E-state index in [4.69, 9.17) is 5.26 Å². The molecule has 5 heteroatoms. The van der Waals surface area contributed by atoms with Crippen molar-refractivity contribution in [1.82, 2.24) is 0 Å². The Morgan fingerprint density at radius 2 is 1.79 bits per heavy atom. The highest BCUT2D eigenvalue weighted by atomic mass is 19.4. The largest absolute Gasteiger partial charge is 0.484 e. The Labute approximate surface area is 78.5 Å². The fourth-order valence-corrected chi connectivity index (χ4v) is 0.791. The van der Waals surface area contributed by atoms with Crippen LogP contribution in [-0.2, 0) is 0 Å². The van der Waals surface area contributed by atoms with Crippen molar-refractivity contribution >= 4 is 0 Å². The van der Waals surface area contributed by atoms with Gasteiger partial charge in [0.05, 0.1) is 11.6 Å². The van der Waals surface area contributed by atoms with Crippen LogP contribution in [0.2, 0.25) is 0 Å². The molecule has 0 N–H and O–H groups in total. The van der Waals surface area contributed by atoms with E-state index in [1.807, 2.05) is 6.07 Å². The molecular weight excluding hydrogens is 195 g/mol. The van der Waals surface area contributed by atoms with Crippen LogP contribution < -0.4 is 4.74 Å². The van der Waals surface area contributed by atoms with Crippen molar-refractivity contribution in [2.45, 2.75) is 6.18 Å². The number of nitrogens with zero attached hydrogens (tertiary/aromatic N) is 1. The highest BCUT2D eigenvalue weighted by Crippen LogP contribution is 2.18. The molecule has 1 aromatic rings. The Bertz CT molecular complexity index is 337. The van der Waals surface area contributed by atoms with Crippen LogP contribution in [0.25, 0.3) is 0 Å². The van der Waals surface area contributed by atoms with Gasteiger partial charge in [0, 0.05) is 0 Å². The molecule has 0 spiro atoms. The van der Waals surface area contributed by atoms with E-state index < -0.39 is 12.8 Å². The summed E-state index contributed by atoms with van der Waals surface area (Å²) in [7, 11) is 0. The molecule has 14 heavy (non-hydrogen) atoms. The lowest BCUT2D eigenvalue weighted by Crippen LogP contribution is -2.19. The van der Waals surface area contributed by atoms with Gasteiger partial charge in [0.1, 0.15) is 5.75 Å². The van der Waals surface area contributed by atoms with Crippen molar-refractivity contribution in [3.63, 3.8) is 0 Å². The zero-order valence-corrected chi connectivity index (χ0v) is 7.01. The fraction of sp³-hybridized carbons (Fsp3) is 0.222. The second kappa shape index (κ2) is 4.01. The van der Waals surface area contributed by atoms with Gasteiger partial charge in [-0.15, -0.1) is 0 Å². The quantitative estimate of drug-likeness (QED) is 0.736. The van der Waals surface area contributed by atoms with Crippen molar-refractivity contribution in [1.29, 1.82) is 5.26 Å². The molecule has 0 aromatic heterocycles. The van der Waals surface area contributed by atoms with Gasteiger partial charge in [-0.05, 0) is 24.3 Å². The van der Waals surface area contributed by atoms with Gasteiger partial charge in [-0.3, -0.25) is 0 Å². The monoisotopic (exact) mass is 201 g/mol. The first-order chi connectivity index (χ1) is 6.51. The van der Waals surface area contributed by atoms with Gasteiger partial charge in [0.25, 0.3) is 0 Å². The second-order valence-corrected chi connectivity index (χ2v) is 2.54. The van der Waals surface area contributed by atoms with Gasteiger partial charge in [-0.2, -0.15) is 18.4 Å². The Balaban J connectivity index is 2.58. The summed E-state index contributed by atoms with van der Waals surface area (Å²) in [6, 6.07) is 7.29. The predicted molar refractivity (Wildman–Crippen MR) is 42.7 cm³/mol. The highest BCUT2D eigenvalue weighted by molar-refractivity contribution is 5.34. The number of hydrogen-bond donors (Lipinski definition) is 0. The summed E-state index contributed by atoms with van der Waals surface area (Å²) in [5, 5.41) is 8.42.